The van der Waals surface area contributed by atoms with Crippen LogP contribution in [0.4, 0.5) is 26.0 Å². The molecule has 0 radical (unpaired) electrons. The highest BCUT2D eigenvalue weighted by Gasteiger charge is 2.56. The Labute approximate surface area is 258 Å². The second-order valence-electron chi connectivity index (χ2n) is 13.6. The van der Waals surface area contributed by atoms with Gasteiger partial charge in [-0.2, -0.15) is 0 Å². The van der Waals surface area contributed by atoms with E-state index in [-0.39, 0.29) is 41.8 Å². The summed E-state index contributed by atoms with van der Waals surface area (Å²) in [6, 6.07) is 4.08. The van der Waals surface area contributed by atoms with Crippen LogP contribution in [0.25, 0.3) is 0 Å². The van der Waals surface area contributed by atoms with Gasteiger partial charge in [0.05, 0.1) is 23.5 Å². The number of likely N-dealkylation sites (tertiary alicyclic amines) is 1. The third kappa shape index (κ3) is 5.10. The van der Waals surface area contributed by atoms with Gasteiger partial charge in [0.25, 0.3) is 5.91 Å². The Morgan fingerprint density at radius 2 is 1.95 bits per heavy atom. The van der Waals surface area contributed by atoms with Crippen molar-refractivity contribution in [2.45, 2.75) is 83.2 Å². The van der Waals surface area contributed by atoms with Crippen LogP contribution in [0.3, 0.4) is 0 Å². The van der Waals surface area contributed by atoms with Gasteiger partial charge in [0, 0.05) is 62.7 Å². The van der Waals surface area contributed by atoms with E-state index >= 15 is 4.39 Å². The SMILES string of the molecule is CCN(C(=O)c1cc(F)ccc1N1CCN(C2CCN(C(=O)[C@H]3N[C@H]4C[C@@H]3[C@@H](F)[C@H]4CC3CC3)C2)c2ncncc21)C(C)C. The highest BCUT2D eigenvalue weighted by Crippen LogP contribution is 2.49. The van der Waals surface area contributed by atoms with Crippen molar-refractivity contribution in [2.24, 2.45) is 17.8 Å². The van der Waals surface area contributed by atoms with Crippen molar-refractivity contribution >= 4 is 29.0 Å². The number of fused-ring (bicyclic) bond motifs is 3. The molecule has 2 saturated heterocycles. The first-order valence-electron chi connectivity index (χ1n) is 16.4. The fraction of sp³-hybridized carbons (Fsp3) is 0.636. The number of hydrogen-bond acceptors (Lipinski definition) is 7. The number of nitrogens with zero attached hydrogens (tertiary/aromatic N) is 6. The predicted molar refractivity (Wildman–Crippen MR) is 164 cm³/mol. The highest BCUT2D eigenvalue weighted by atomic mass is 19.1. The minimum Gasteiger partial charge on any atom is -0.348 e. The van der Waals surface area contributed by atoms with Gasteiger partial charge in [-0.3, -0.25) is 9.59 Å². The largest absolute Gasteiger partial charge is 0.348 e. The molecule has 2 bridgehead atoms. The summed E-state index contributed by atoms with van der Waals surface area (Å²) in [5, 5.41) is 3.52. The average Bonchev–Trinajstić information content (AvgIpc) is 3.40. The maximum absolute atomic E-state index is 15.4. The molecule has 1 N–H and O–H groups in total. The molecule has 4 heterocycles. The van der Waals surface area contributed by atoms with Crippen LogP contribution in [-0.4, -0.2) is 94.6 Å². The van der Waals surface area contributed by atoms with E-state index < -0.39 is 18.0 Å². The zero-order valence-electron chi connectivity index (χ0n) is 25.8. The van der Waals surface area contributed by atoms with E-state index in [0.717, 1.165) is 30.8 Å². The molecule has 9 nitrogen and oxygen atoms in total. The molecule has 1 unspecified atom stereocenters. The van der Waals surface area contributed by atoms with Crippen molar-refractivity contribution < 1.29 is 18.4 Å². The van der Waals surface area contributed by atoms with E-state index in [9.17, 15) is 14.0 Å². The van der Waals surface area contributed by atoms with Crippen molar-refractivity contribution in [1.82, 2.24) is 25.1 Å². The van der Waals surface area contributed by atoms with Crippen LogP contribution in [-0.2, 0) is 4.79 Å². The average molecular weight is 608 g/mol. The first kappa shape index (κ1) is 29.4. The van der Waals surface area contributed by atoms with Crippen LogP contribution in [0.1, 0.15) is 63.2 Å². The molecular formula is C33H43F2N7O2. The second kappa shape index (κ2) is 11.5. The van der Waals surface area contributed by atoms with Gasteiger partial charge in [0.2, 0.25) is 5.91 Å². The van der Waals surface area contributed by atoms with Crippen molar-refractivity contribution in [2.75, 3.05) is 42.5 Å². The Morgan fingerprint density at radius 1 is 1.14 bits per heavy atom. The van der Waals surface area contributed by atoms with Crippen molar-refractivity contribution in [3.05, 3.63) is 42.1 Å². The molecule has 6 atom stereocenters. The van der Waals surface area contributed by atoms with E-state index in [1.54, 1.807) is 17.2 Å². The number of benzene rings is 1. The number of rotatable bonds is 8. The molecule has 1 aromatic heterocycles. The number of aromatic nitrogens is 2. The van der Waals surface area contributed by atoms with Gasteiger partial charge in [-0.1, -0.05) is 12.8 Å². The Morgan fingerprint density at radius 3 is 2.68 bits per heavy atom. The first-order valence-corrected chi connectivity index (χ1v) is 16.4. The molecule has 2 aliphatic carbocycles. The summed E-state index contributed by atoms with van der Waals surface area (Å²) in [7, 11) is 0. The van der Waals surface area contributed by atoms with Gasteiger partial charge in [-0.25, -0.2) is 18.7 Å². The normalized spacial score (nSPS) is 29.5. The van der Waals surface area contributed by atoms with Gasteiger partial charge in [-0.15, -0.1) is 0 Å². The van der Waals surface area contributed by atoms with Gasteiger partial charge >= 0.3 is 0 Å². The van der Waals surface area contributed by atoms with Crippen LogP contribution >= 0.6 is 0 Å². The van der Waals surface area contributed by atoms with E-state index in [1.807, 2.05) is 30.6 Å². The molecule has 7 rings (SSSR count). The number of anilines is 3. The Bertz CT molecular complexity index is 1420. The van der Waals surface area contributed by atoms with Crippen LogP contribution in [0.2, 0.25) is 0 Å². The maximum Gasteiger partial charge on any atom is 0.256 e. The molecule has 2 aromatic rings. The molecule has 236 valence electrons. The molecule has 5 aliphatic rings. The maximum atomic E-state index is 15.4. The smallest absolute Gasteiger partial charge is 0.256 e. The summed E-state index contributed by atoms with van der Waals surface area (Å²) in [4.78, 5) is 44.1. The van der Waals surface area contributed by atoms with Gasteiger partial charge in [-0.05, 0) is 64.2 Å². The lowest BCUT2D eigenvalue weighted by Crippen LogP contribution is -2.55. The number of halogens is 2. The van der Waals surface area contributed by atoms with E-state index in [4.69, 9.17) is 0 Å². The van der Waals surface area contributed by atoms with Crippen LogP contribution in [0.5, 0.6) is 0 Å². The highest BCUT2D eigenvalue weighted by molar-refractivity contribution is 6.01. The van der Waals surface area contributed by atoms with Crippen molar-refractivity contribution in [3.63, 3.8) is 0 Å². The second-order valence-corrected chi connectivity index (χ2v) is 13.6. The lowest BCUT2D eigenvalue weighted by atomic mass is 9.88. The topological polar surface area (TPSA) is 84.9 Å². The van der Waals surface area contributed by atoms with E-state index in [1.165, 1.54) is 31.3 Å². The molecule has 2 saturated carbocycles. The molecule has 11 heteroatoms. The van der Waals surface area contributed by atoms with E-state index in [0.29, 0.717) is 49.9 Å². The zero-order chi connectivity index (χ0) is 30.7. The standard InChI is InChI=1S/C33H43F2N7O2/c1-4-40(19(2)3)32(43)24-14-21(34)7-8-27(24)42-12-11-41(31-28(42)16-36-18-37-31)22-9-10-39(17-22)33(44)30-25-15-26(38-30)23(29(25)35)13-20-5-6-20/h7-8,14,16,18-20,22-23,25-26,29-30,38H,4-6,9-13,15,17H2,1-3H3/t22?,23-,25+,26-,29-,30-/m0/s1. The Hall–Kier alpha value is -3.34. The lowest BCUT2D eigenvalue weighted by Gasteiger charge is -2.41. The van der Waals surface area contributed by atoms with Gasteiger partial charge in [0.15, 0.2) is 5.82 Å². The van der Waals surface area contributed by atoms with Gasteiger partial charge < -0.3 is 24.9 Å². The molecule has 0 spiro atoms. The van der Waals surface area contributed by atoms with Crippen molar-refractivity contribution in [1.29, 1.82) is 0 Å². The summed E-state index contributed by atoms with van der Waals surface area (Å²) in [6.07, 6.45) is 7.32. The van der Waals surface area contributed by atoms with Crippen LogP contribution < -0.4 is 15.1 Å². The zero-order valence-corrected chi connectivity index (χ0v) is 25.8. The molecule has 44 heavy (non-hydrogen) atoms. The molecule has 1 aromatic carbocycles. The first-order chi connectivity index (χ1) is 21.2. The summed E-state index contributed by atoms with van der Waals surface area (Å²) in [5.74, 6) is 0.594. The Kier molecular flexibility index (Phi) is 7.71. The van der Waals surface area contributed by atoms with Crippen LogP contribution in [0, 0.1) is 23.6 Å². The number of hydrogen-bond donors (Lipinski definition) is 1. The fourth-order valence-corrected chi connectivity index (χ4v) is 8.26. The number of nitrogens with one attached hydrogen (secondary N) is 1. The fourth-order valence-electron chi connectivity index (χ4n) is 8.26. The molecular weight excluding hydrogens is 564 g/mol. The number of piperidine rings is 1. The predicted octanol–water partition coefficient (Wildman–Crippen LogP) is 4.16. The minimum absolute atomic E-state index is 0.0224. The third-order valence-corrected chi connectivity index (χ3v) is 10.7. The molecule has 2 amide bonds. The van der Waals surface area contributed by atoms with Crippen LogP contribution in [0.15, 0.2) is 30.7 Å². The van der Waals surface area contributed by atoms with E-state index in [2.05, 4.69) is 20.2 Å². The van der Waals surface area contributed by atoms with Crippen molar-refractivity contribution in [3.8, 4) is 0 Å². The summed E-state index contributed by atoms with van der Waals surface area (Å²) >= 11 is 0. The molecule has 3 aliphatic heterocycles. The quantitative estimate of drug-likeness (QED) is 0.483. The molecule has 4 fully saturated rings. The van der Waals surface area contributed by atoms with Gasteiger partial charge in [0.1, 0.15) is 24.0 Å². The number of carbonyl (C=O) groups is 2. The Balaban J connectivity index is 1.08. The monoisotopic (exact) mass is 607 g/mol. The summed E-state index contributed by atoms with van der Waals surface area (Å²) in [6.45, 7) is 8.68. The summed E-state index contributed by atoms with van der Waals surface area (Å²) < 4.78 is 29.9. The minimum atomic E-state index is -0.890. The third-order valence-electron chi connectivity index (χ3n) is 10.7. The number of amides is 2. The lowest BCUT2D eigenvalue weighted by molar-refractivity contribution is -0.134. The number of carbonyl (C=O) groups excluding carboxylic acids is 2. The summed E-state index contributed by atoms with van der Waals surface area (Å²) in [5.41, 5.74) is 1.68. The number of alkyl halides is 1.